The molecule has 34 heavy (non-hydrogen) atoms. The molecule has 0 radical (unpaired) electrons. The van der Waals surface area contributed by atoms with Crippen LogP contribution in [0, 0.1) is 10.1 Å². The van der Waals surface area contributed by atoms with Crippen LogP contribution in [-0.2, 0) is 9.53 Å². The molecule has 2 heterocycles. The van der Waals surface area contributed by atoms with Crippen LogP contribution in [-0.4, -0.2) is 59.9 Å². The van der Waals surface area contributed by atoms with Crippen molar-refractivity contribution in [2.45, 2.75) is 6.04 Å². The first-order chi connectivity index (χ1) is 16.4. The molecular formula is C24H22ClN3O6. The molecule has 0 spiro atoms. The van der Waals surface area contributed by atoms with Crippen molar-refractivity contribution in [2.75, 3.05) is 33.3 Å². The lowest BCUT2D eigenvalue weighted by Crippen LogP contribution is -2.51. The Kier molecular flexibility index (Phi) is 6.95. The van der Waals surface area contributed by atoms with E-state index in [0.29, 0.717) is 48.1 Å². The van der Waals surface area contributed by atoms with Gasteiger partial charge in [0.2, 0.25) is 0 Å². The zero-order valence-electron chi connectivity index (χ0n) is 18.3. The SMILES string of the molecule is COC(=O)C(c1ccccc1Cl)N1CCN(C(=O)c2ccc(-c3ccc([N+](=O)[O-])cc3)o2)CC1. The summed E-state index contributed by atoms with van der Waals surface area (Å²) in [5.41, 5.74) is 1.27. The fraction of sp³-hybridized carbons (Fsp3) is 0.250. The number of nitro benzene ring substituents is 1. The zero-order chi connectivity index (χ0) is 24.2. The van der Waals surface area contributed by atoms with Gasteiger partial charge in [-0.2, -0.15) is 0 Å². The van der Waals surface area contributed by atoms with Gasteiger partial charge in [0.15, 0.2) is 5.76 Å². The Labute approximate surface area is 200 Å². The number of non-ortho nitro benzene ring substituents is 1. The number of methoxy groups -OCH3 is 1. The van der Waals surface area contributed by atoms with Gasteiger partial charge in [0.1, 0.15) is 11.8 Å². The number of amides is 1. The molecule has 0 N–H and O–H groups in total. The van der Waals surface area contributed by atoms with Crippen molar-refractivity contribution >= 4 is 29.2 Å². The van der Waals surface area contributed by atoms with E-state index >= 15 is 0 Å². The minimum atomic E-state index is -0.659. The van der Waals surface area contributed by atoms with Crippen LogP contribution in [0.15, 0.2) is 65.1 Å². The second-order valence-electron chi connectivity index (χ2n) is 7.74. The van der Waals surface area contributed by atoms with Gasteiger partial charge >= 0.3 is 5.97 Å². The highest BCUT2D eigenvalue weighted by atomic mass is 35.5. The van der Waals surface area contributed by atoms with Crippen molar-refractivity contribution in [2.24, 2.45) is 0 Å². The number of hydrogen-bond donors (Lipinski definition) is 0. The van der Waals surface area contributed by atoms with E-state index in [0.717, 1.165) is 0 Å². The molecule has 1 unspecified atom stereocenters. The average Bonchev–Trinajstić information content (AvgIpc) is 3.35. The minimum Gasteiger partial charge on any atom is -0.468 e. The van der Waals surface area contributed by atoms with E-state index in [1.54, 1.807) is 47.4 Å². The van der Waals surface area contributed by atoms with Crippen molar-refractivity contribution in [3.63, 3.8) is 0 Å². The number of furan rings is 1. The number of benzene rings is 2. The summed E-state index contributed by atoms with van der Waals surface area (Å²) in [6, 6.07) is 15.6. The molecule has 1 amide bonds. The molecule has 0 aliphatic carbocycles. The van der Waals surface area contributed by atoms with Gasteiger partial charge in [-0.1, -0.05) is 29.8 Å². The summed E-state index contributed by atoms with van der Waals surface area (Å²) in [5.74, 6) is -0.0504. The second kappa shape index (κ2) is 10.1. The predicted octanol–water partition coefficient (Wildman–Crippen LogP) is 4.18. The first-order valence-electron chi connectivity index (χ1n) is 10.6. The first-order valence-corrected chi connectivity index (χ1v) is 11.0. The molecule has 10 heteroatoms. The molecule has 1 saturated heterocycles. The van der Waals surface area contributed by atoms with Crippen LogP contribution in [0.2, 0.25) is 5.02 Å². The monoisotopic (exact) mass is 483 g/mol. The van der Waals surface area contributed by atoms with Gasteiger partial charge in [0, 0.05) is 48.9 Å². The van der Waals surface area contributed by atoms with E-state index in [1.165, 1.54) is 19.2 Å². The third-order valence-corrected chi connectivity index (χ3v) is 6.11. The van der Waals surface area contributed by atoms with Crippen LogP contribution in [0.25, 0.3) is 11.3 Å². The number of piperazine rings is 1. The highest BCUT2D eigenvalue weighted by Gasteiger charge is 2.34. The lowest BCUT2D eigenvalue weighted by atomic mass is 10.0. The van der Waals surface area contributed by atoms with E-state index in [9.17, 15) is 19.7 Å². The van der Waals surface area contributed by atoms with Crippen LogP contribution in [0.3, 0.4) is 0 Å². The quantitative estimate of drug-likeness (QED) is 0.294. The van der Waals surface area contributed by atoms with Crippen molar-refractivity contribution in [1.82, 2.24) is 9.80 Å². The van der Waals surface area contributed by atoms with Crippen molar-refractivity contribution < 1.29 is 23.7 Å². The molecule has 0 bridgehead atoms. The van der Waals surface area contributed by atoms with Crippen LogP contribution in [0.4, 0.5) is 5.69 Å². The van der Waals surface area contributed by atoms with Gasteiger partial charge < -0.3 is 14.1 Å². The number of hydrogen-bond acceptors (Lipinski definition) is 7. The summed E-state index contributed by atoms with van der Waals surface area (Å²) in [6.45, 7) is 1.69. The van der Waals surface area contributed by atoms with E-state index in [-0.39, 0.29) is 17.4 Å². The van der Waals surface area contributed by atoms with Gasteiger partial charge in [0.05, 0.1) is 12.0 Å². The number of carbonyl (C=O) groups excluding carboxylic acids is 2. The Hall–Kier alpha value is -3.69. The van der Waals surface area contributed by atoms with Crippen LogP contribution >= 0.6 is 11.6 Å². The highest BCUT2D eigenvalue weighted by Crippen LogP contribution is 2.30. The Morgan fingerprint density at radius 3 is 2.32 bits per heavy atom. The largest absolute Gasteiger partial charge is 0.468 e. The average molecular weight is 484 g/mol. The van der Waals surface area contributed by atoms with Crippen molar-refractivity contribution in [3.05, 3.63) is 87.1 Å². The molecule has 1 aromatic heterocycles. The van der Waals surface area contributed by atoms with Crippen LogP contribution < -0.4 is 0 Å². The molecule has 3 aromatic rings. The topological polar surface area (TPSA) is 106 Å². The molecule has 1 fully saturated rings. The van der Waals surface area contributed by atoms with Gasteiger partial charge in [-0.05, 0) is 35.9 Å². The Morgan fingerprint density at radius 2 is 1.71 bits per heavy atom. The number of nitrogens with zero attached hydrogens (tertiary/aromatic N) is 3. The van der Waals surface area contributed by atoms with Crippen LogP contribution in [0.1, 0.15) is 22.2 Å². The summed E-state index contributed by atoms with van der Waals surface area (Å²) in [7, 11) is 1.34. The molecule has 2 aromatic carbocycles. The molecule has 1 aliphatic heterocycles. The Balaban J connectivity index is 1.44. The van der Waals surface area contributed by atoms with E-state index < -0.39 is 16.9 Å². The second-order valence-corrected chi connectivity index (χ2v) is 8.15. The number of carbonyl (C=O) groups is 2. The molecular weight excluding hydrogens is 462 g/mol. The molecule has 4 rings (SSSR count). The van der Waals surface area contributed by atoms with E-state index in [1.807, 2.05) is 11.0 Å². The summed E-state index contributed by atoms with van der Waals surface area (Å²) in [5, 5.41) is 11.3. The number of halogens is 1. The predicted molar refractivity (Wildman–Crippen MR) is 124 cm³/mol. The van der Waals surface area contributed by atoms with Gasteiger partial charge in [-0.3, -0.25) is 19.8 Å². The number of nitro groups is 1. The maximum atomic E-state index is 13.0. The minimum absolute atomic E-state index is 0.0217. The third-order valence-electron chi connectivity index (χ3n) is 5.77. The molecule has 9 nitrogen and oxygen atoms in total. The number of ether oxygens (including phenoxy) is 1. The molecule has 1 aliphatic rings. The molecule has 176 valence electrons. The van der Waals surface area contributed by atoms with Gasteiger partial charge in [-0.15, -0.1) is 0 Å². The van der Waals surface area contributed by atoms with E-state index in [4.69, 9.17) is 20.8 Å². The smallest absolute Gasteiger partial charge is 0.327 e. The zero-order valence-corrected chi connectivity index (χ0v) is 19.1. The first kappa shape index (κ1) is 23.5. The van der Waals surface area contributed by atoms with Crippen molar-refractivity contribution in [3.8, 4) is 11.3 Å². The summed E-state index contributed by atoms with van der Waals surface area (Å²) in [6.07, 6.45) is 0. The fourth-order valence-electron chi connectivity index (χ4n) is 3.98. The number of esters is 1. The van der Waals surface area contributed by atoms with Crippen LogP contribution in [0.5, 0.6) is 0 Å². The lowest BCUT2D eigenvalue weighted by Gasteiger charge is -2.38. The summed E-state index contributed by atoms with van der Waals surface area (Å²) < 4.78 is 10.7. The van der Waals surface area contributed by atoms with Gasteiger partial charge in [-0.25, -0.2) is 4.79 Å². The molecule has 0 saturated carbocycles. The normalized spacial score (nSPS) is 15.1. The lowest BCUT2D eigenvalue weighted by molar-refractivity contribution is -0.384. The standard InChI is InChI=1S/C24H22ClN3O6/c1-33-24(30)22(18-4-2-3-5-19(18)25)26-12-14-27(15-13-26)23(29)21-11-10-20(34-21)16-6-8-17(9-7-16)28(31)32/h2-11,22H,12-15H2,1H3. The third kappa shape index (κ3) is 4.80. The summed E-state index contributed by atoms with van der Waals surface area (Å²) >= 11 is 6.33. The van der Waals surface area contributed by atoms with Gasteiger partial charge in [0.25, 0.3) is 11.6 Å². The highest BCUT2D eigenvalue weighted by molar-refractivity contribution is 6.31. The molecule has 1 atom stereocenters. The maximum Gasteiger partial charge on any atom is 0.327 e. The summed E-state index contributed by atoms with van der Waals surface area (Å²) in [4.78, 5) is 39.5. The van der Waals surface area contributed by atoms with E-state index in [2.05, 4.69) is 0 Å². The fourth-order valence-corrected chi connectivity index (χ4v) is 4.21. The van der Waals surface area contributed by atoms with Crippen molar-refractivity contribution in [1.29, 1.82) is 0 Å². The maximum absolute atomic E-state index is 13.0. The Morgan fingerprint density at radius 1 is 1.03 bits per heavy atom. The Bertz CT molecular complexity index is 1200. The number of rotatable bonds is 6.